The van der Waals surface area contributed by atoms with Crippen LogP contribution < -0.4 is 10.9 Å². The number of piperazine rings is 1. The van der Waals surface area contributed by atoms with E-state index in [1.54, 1.807) is 18.0 Å². The molecule has 1 saturated heterocycles. The molecule has 1 aliphatic rings. The van der Waals surface area contributed by atoms with Gasteiger partial charge in [0.2, 0.25) is 0 Å². The Bertz CT molecular complexity index is 1040. The van der Waals surface area contributed by atoms with Crippen molar-refractivity contribution in [3.63, 3.8) is 0 Å². The van der Waals surface area contributed by atoms with E-state index in [9.17, 15) is 9.59 Å². The van der Waals surface area contributed by atoms with Crippen LogP contribution in [0.5, 0.6) is 0 Å². The number of fused-ring (bicyclic) bond motifs is 1. The van der Waals surface area contributed by atoms with Crippen LogP contribution >= 0.6 is 11.6 Å². The van der Waals surface area contributed by atoms with Crippen LogP contribution in [0.25, 0.3) is 5.52 Å². The van der Waals surface area contributed by atoms with Crippen LogP contribution in [0.1, 0.15) is 27.8 Å². The van der Waals surface area contributed by atoms with Gasteiger partial charge in [0.1, 0.15) is 5.52 Å². The van der Waals surface area contributed by atoms with Crippen molar-refractivity contribution >= 4 is 23.0 Å². The van der Waals surface area contributed by atoms with Crippen LogP contribution in [0.4, 0.5) is 0 Å². The Kier molecular flexibility index (Phi) is 4.26. The minimum Gasteiger partial charge on any atom is -0.328 e. The van der Waals surface area contributed by atoms with Crippen LogP contribution in [0.3, 0.4) is 0 Å². The van der Waals surface area contributed by atoms with Crippen molar-refractivity contribution in [2.24, 2.45) is 0 Å². The summed E-state index contributed by atoms with van der Waals surface area (Å²) in [4.78, 5) is 29.7. The molecule has 1 amide bonds. The lowest BCUT2D eigenvalue weighted by atomic mass is 10.0. The highest BCUT2D eigenvalue weighted by Crippen LogP contribution is 2.29. The van der Waals surface area contributed by atoms with Gasteiger partial charge in [-0.2, -0.15) is 5.10 Å². The summed E-state index contributed by atoms with van der Waals surface area (Å²) in [5, 5.41) is 8.24. The highest BCUT2D eigenvalue weighted by Gasteiger charge is 2.31. The van der Waals surface area contributed by atoms with Crippen molar-refractivity contribution in [1.82, 2.24) is 24.8 Å². The maximum atomic E-state index is 13.1. The summed E-state index contributed by atoms with van der Waals surface area (Å²) >= 11 is 6.35. The highest BCUT2D eigenvalue weighted by molar-refractivity contribution is 6.31. The van der Waals surface area contributed by atoms with Gasteiger partial charge in [-0.05, 0) is 18.6 Å². The smallest absolute Gasteiger partial charge is 0.274 e. The molecule has 0 saturated carbocycles. The first-order valence-corrected chi connectivity index (χ1v) is 8.78. The fraction of sp³-hybridized carbons (Fsp3) is 0.278. The van der Waals surface area contributed by atoms with Gasteiger partial charge in [-0.3, -0.25) is 9.59 Å². The molecular weight excluding hydrogens is 354 g/mol. The lowest BCUT2D eigenvalue weighted by Gasteiger charge is -2.36. The number of nitrogens with zero attached hydrogens (tertiary/aromatic N) is 3. The van der Waals surface area contributed by atoms with Gasteiger partial charge in [0.15, 0.2) is 5.69 Å². The number of aromatic amines is 1. The third-order valence-corrected chi connectivity index (χ3v) is 4.93. The molecule has 3 heterocycles. The fourth-order valence-corrected chi connectivity index (χ4v) is 3.61. The molecule has 26 heavy (non-hydrogen) atoms. The number of halogens is 1. The molecule has 0 aliphatic carbocycles. The summed E-state index contributed by atoms with van der Waals surface area (Å²) in [5.41, 5.74) is 1.91. The van der Waals surface area contributed by atoms with Crippen LogP contribution in [0.2, 0.25) is 5.02 Å². The number of aryl methyl sites for hydroxylation is 1. The number of nitrogens with one attached hydrogen (secondary N) is 2. The van der Waals surface area contributed by atoms with Crippen molar-refractivity contribution < 1.29 is 4.79 Å². The van der Waals surface area contributed by atoms with Crippen LogP contribution in [0.15, 0.2) is 41.3 Å². The van der Waals surface area contributed by atoms with Crippen molar-refractivity contribution in [1.29, 1.82) is 0 Å². The number of carbonyl (C=O) groups excluding carboxylic acids is 1. The second-order valence-electron chi connectivity index (χ2n) is 6.37. The highest BCUT2D eigenvalue weighted by atomic mass is 35.5. The van der Waals surface area contributed by atoms with Crippen LogP contribution in [-0.4, -0.2) is 45.0 Å². The molecule has 134 valence electrons. The molecular formula is C18H18ClN5O2. The van der Waals surface area contributed by atoms with Gasteiger partial charge < -0.3 is 15.2 Å². The van der Waals surface area contributed by atoms with E-state index in [-0.39, 0.29) is 23.2 Å². The van der Waals surface area contributed by atoms with Gasteiger partial charge in [-0.25, -0.2) is 4.52 Å². The van der Waals surface area contributed by atoms with E-state index < -0.39 is 0 Å². The predicted molar refractivity (Wildman–Crippen MR) is 98.6 cm³/mol. The Morgan fingerprint density at radius 3 is 2.96 bits per heavy atom. The van der Waals surface area contributed by atoms with Gasteiger partial charge in [0.05, 0.1) is 6.04 Å². The monoisotopic (exact) mass is 371 g/mol. The largest absolute Gasteiger partial charge is 0.328 e. The molecule has 3 aromatic rings. The summed E-state index contributed by atoms with van der Waals surface area (Å²) in [6.07, 6.45) is 1.69. The molecule has 1 atom stereocenters. The summed E-state index contributed by atoms with van der Waals surface area (Å²) in [6, 6.07) is 8.87. The van der Waals surface area contributed by atoms with Gasteiger partial charge in [0, 0.05) is 42.6 Å². The summed E-state index contributed by atoms with van der Waals surface area (Å²) in [7, 11) is 0. The Morgan fingerprint density at radius 2 is 2.15 bits per heavy atom. The Labute approximate surface area is 154 Å². The standard InChI is InChI=1S/C18H18ClN5O2/c1-11-10-24-15(17(25)21-11)8-14(22-24)18(26)23-7-6-20-9-16(23)12-4-2-3-5-13(12)19/h2-5,8,10,16,20H,6-7,9H2,1H3,(H,21,25). The summed E-state index contributed by atoms with van der Waals surface area (Å²) < 4.78 is 1.45. The quantitative estimate of drug-likeness (QED) is 0.719. The number of carbonyl (C=O) groups is 1. The first-order valence-electron chi connectivity index (χ1n) is 8.40. The fourth-order valence-electron chi connectivity index (χ4n) is 3.34. The number of aromatic nitrogens is 3. The molecule has 1 fully saturated rings. The SMILES string of the molecule is Cc1cn2nc(C(=O)N3CCNCC3c3ccccc3Cl)cc2c(=O)[nH]1. The Balaban J connectivity index is 1.73. The number of hydrogen-bond donors (Lipinski definition) is 2. The lowest BCUT2D eigenvalue weighted by molar-refractivity contribution is 0.0628. The molecule has 7 nitrogen and oxygen atoms in total. The van der Waals surface area contributed by atoms with Crippen LogP contribution in [-0.2, 0) is 0 Å². The normalized spacial score (nSPS) is 17.6. The van der Waals surface area contributed by atoms with E-state index in [2.05, 4.69) is 15.4 Å². The number of rotatable bonds is 2. The maximum Gasteiger partial charge on any atom is 0.274 e. The van der Waals surface area contributed by atoms with Gasteiger partial charge in [-0.15, -0.1) is 0 Å². The number of amides is 1. The molecule has 1 unspecified atom stereocenters. The molecule has 1 aromatic carbocycles. The minimum absolute atomic E-state index is 0.185. The average Bonchev–Trinajstić information content (AvgIpc) is 3.06. The van der Waals surface area contributed by atoms with Gasteiger partial charge >= 0.3 is 0 Å². The second kappa shape index (κ2) is 6.59. The topological polar surface area (TPSA) is 82.5 Å². The zero-order valence-electron chi connectivity index (χ0n) is 14.2. The second-order valence-corrected chi connectivity index (χ2v) is 6.77. The van der Waals surface area contributed by atoms with E-state index in [0.29, 0.717) is 35.9 Å². The summed E-state index contributed by atoms with van der Waals surface area (Å²) in [5.74, 6) is -0.211. The third kappa shape index (κ3) is 2.89. The van der Waals surface area contributed by atoms with Crippen molar-refractivity contribution in [2.45, 2.75) is 13.0 Å². The van der Waals surface area contributed by atoms with Crippen molar-refractivity contribution in [3.05, 3.63) is 68.9 Å². The first-order chi connectivity index (χ1) is 12.5. The number of H-pyrrole nitrogens is 1. The average molecular weight is 372 g/mol. The predicted octanol–water partition coefficient (Wildman–Crippen LogP) is 1.77. The van der Waals surface area contributed by atoms with E-state index in [1.165, 1.54) is 10.6 Å². The molecule has 8 heteroatoms. The molecule has 0 radical (unpaired) electrons. The zero-order chi connectivity index (χ0) is 18.3. The van der Waals surface area contributed by atoms with Crippen LogP contribution in [0, 0.1) is 6.92 Å². The molecule has 2 aromatic heterocycles. The van der Waals surface area contributed by atoms with E-state index >= 15 is 0 Å². The van der Waals surface area contributed by atoms with Gasteiger partial charge in [-0.1, -0.05) is 29.8 Å². The maximum absolute atomic E-state index is 13.1. The Hall–Kier alpha value is -2.64. The third-order valence-electron chi connectivity index (χ3n) is 4.58. The van der Waals surface area contributed by atoms with E-state index in [4.69, 9.17) is 11.6 Å². The number of benzene rings is 1. The number of hydrogen-bond acceptors (Lipinski definition) is 4. The first kappa shape index (κ1) is 16.8. The molecule has 0 bridgehead atoms. The van der Waals surface area contributed by atoms with E-state index in [0.717, 1.165) is 5.56 Å². The van der Waals surface area contributed by atoms with E-state index in [1.807, 2.05) is 24.3 Å². The minimum atomic E-state index is -0.264. The molecule has 2 N–H and O–H groups in total. The molecule has 4 rings (SSSR count). The molecule has 1 aliphatic heterocycles. The van der Waals surface area contributed by atoms with Crippen molar-refractivity contribution in [2.75, 3.05) is 19.6 Å². The lowest BCUT2D eigenvalue weighted by Crippen LogP contribution is -2.48. The van der Waals surface area contributed by atoms with Gasteiger partial charge in [0.25, 0.3) is 11.5 Å². The Morgan fingerprint density at radius 1 is 1.35 bits per heavy atom. The van der Waals surface area contributed by atoms with Crippen molar-refractivity contribution in [3.8, 4) is 0 Å². The molecule has 0 spiro atoms. The zero-order valence-corrected chi connectivity index (χ0v) is 15.0. The summed E-state index contributed by atoms with van der Waals surface area (Å²) in [6.45, 7) is 3.62.